The van der Waals surface area contributed by atoms with E-state index >= 15 is 0 Å². The highest BCUT2D eigenvalue weighted by atomic mass is 14.7. The lowest BCUT2D eigenvalue weighted by molar-refractivity contribution is 1.07. The standard InChI is InChI=1S/C22H23N/c1-5-18-14-23-22(12-15(18)2)21-13-20(16(3)11-17(21)4)19-9-7-6-8-10-19/h6-14H,5H2,1-4H3. The molecule has 0 unspecified atom stereocenters. The van der Waals surface area contributed by atoms with E-state index in [1.807, 2.05) is 6.20 Å². The van der Waals surface area contributed by atoms with Crippen LogP contribution in [0.15, 0.2) is 54.7 Å². The predicted molar refractivity (Wildman–Crippen MR) is 98.7 cm³/mol. The largest absolute Gasteiger partial charge is 0.256 e. The minimum absolute atomic E-state index is 1.03. The normalized spacial score (nSPS) is 10.8. The average molecular weight is 301 g/mol. The number of hydrogen-bond acceptors (Lipinski definition) is 1. The molecule has 0 aliphatic rings. The van der Waals surface area contributed by atoms with Gasteiger partial charge in [-0.25, -0.2) is 0 Å². The molecular weight excluding hydrogens is 278 g/mol. The maximum atomic E-state index is 4.71. The van der Waals surface area contributed by atoms with Gasteiger partial charge in [0.2, 0.25) is 0 Å². The molecule has 1 heterocycles. The molecule has 23 heavy (non-hydrogen) atoms. The molecule has 1 aromatic heterocycles. The van der Waals surface area contributed by atoms with Gasteiger partial charge in [0, 0.05) is 11.8 Å². The van der Waals surface area contributed by atoms with Crippen molar-refractivity contribution in [3.05, 3.63) is 77.0 Å². The van der Waals surface area contributed by atoms with Crippen LogP contribution in [0.2, 0.25) is 0 Å². The predicted octanol–water partition coefficient (Wildman–Crippen LogP) is 5.90. The first kappa shape index (κ1) is 15.5. The van der Waals surface area contributed by atoms with Crippen LogP contribution >= 0.6 is 0 Å². The fourth-order valence-corrected chi connectivity index (χ4v) is 3.16. The number of benzene rings is 2. The van der Waals surface area contributed by atoms with E-state index in [0.717, 1.165) is 12.1 Å². The molecule has 0 spiro atoms. The summed E-state index contributed by atoms with van der Waals surface area (Å²) in [6, 6.07) is 17.3. The molecule has 2 aromatic carbocycles. The van der Waals surface area contributed by atoms with Crippen molar-refractivity contribution in [2.75, 3.05) is 0 Å². The van der Waals surface area contributed by atoms with E-state index < -0.39 is 0 Å². The molecule has 0 aliphatic carbocycles. The van der Waals surface area contributed by atoms with Crippen LogP contribution in [0.25, 0.3) is 22.4 Å². The Morgan fingerprint density at radius 1 is 0.783 bits per heavy atom. The minimum Gasteiger partial charge on any atom is -0.256 e. The van der Waals surface area contributed by atoms with Crippen LogP contribution in [0.5, 0.6) is 0 Å². The molecular formula is C22H23N. The van der Waals surface area contributed by atoms with Crippen LogP contribution in [-0.4, -0.2) is 4.98 Å². The summed E-state index contributed by atoms with van der Waals surface area (Å²) in [5.74, 6) is 0. The zero-order valence-electron chi connectivity index (χ0n) is 14.4. The van der Waals surface area contributed by atoms with E-state index in [4.69, 9.17) is 4.98 Å². The zero-order valence-corrected chi connectivity index (χ0v) is 14.4. The van der Waals surface area contributed by atoms with Crippen LogP contribution in [0, 0.1) is 20.8 Å². The molecule has 0 amide bonds. The summed E-state index contributed by atoms with van der Waals surface area (Å²) in [5, 5.41) is 0. The highest BCUT2D eigenvalue weighted by Gasteiger charge is 2.10. The Kier molecular flexibility index (Phi) is 4.29. The van der Waals surface area contributed by atoms with Crippen molar-refractivity contribution in [2.45, 2.75) is 34.1 Å². The summed E-state index contributed by atoms with van der Waals surface area (Å²) in [7, 11) is 0. The maximum absolute atomic E-state index is 4.71. The van der Waals surface area contributed by atoms with Crippen molar-refractivity contribution in [2.24, 2.45) is 0 Å². The van der Waals surface area contributed by atoms with Gasteiger partial charge in [-0.05, 0) is 72.7 Å². The number of aryl methyl sites for hydroxylation is 4. The summed E-state index contributed by atoms with van der Waals surface area (Å²) in [5.41, 5.74) is 10.0. The van der Waals surface area contributed by atoms with Crippen molar-refractivity contribution in [1.29, 1.82) is 0 Å². The fourth-order valence-electron chi connectivity index (χ4n) is 3.16. The highest BCUT2D eigenvalue weighted by molar-refractivity contribution is 5.76. The summed E-state index contributed by atoms with van der Waals surface area (Å²) in [6.07, 6.45) is 3.05. The molecule has 0 fully saturated rings. The van der Waals surface area contributed by atoms with Crippen LogP contribution in [0.4, 0.5) is 0 Å². The van der Waals surface area contributed by atoms with Gasteiger partial charge in [0.1, 0.15) is 0 Å². The Bertz CT molecular complexity index is 832. The fraction of sp³-hybridized carbons (Fsp3) is 0.227. The van der Waals surface area contributed by atoms with Gasteiger partial charge in [-0.3, -0.25) is 4.98 Å². The van der Waals surface area contributed by atoms with E-state index in [-0.39, 0.29) is 0 Å². The molecule has 1 nitrogen and oxygen atoms in total. The van der Waals surface area contributed by atoms with Gasteiger partial charge in [-0.1, -0.05) is 43.3 Å². The van der Waals surface area contributed by atoms with Crippen LogP contribution in [0.1, 0.15) is 29.2 Å². The second-order valence-electron chi connectivity index (χ2n) is 6.20. The Labute approximate surface area is 139 Å². The molecule has 0 atom stereocenters. The van der Waals surface area contributed by atoms with E-state index in [9.17, 15) is 0 Å². The quantitative estimate of drug-likeness (QED) is 0.586. The second kappa shape index (κ2) is 6.37. The van der Waals surface area contributed by atoms with Crippen molar-refractivity contribution in [3.63, 3.8) is 0 Å². The highest BCUT2D eigenvalue weighted by Crippen LogP contribution is 2.31. The third kappa shape index (κ3) is 3.05. The second-order valence-corrected chi connectivity index (χ2v) is 6.20. The van der Waals surface area contributed by atoms with Crippen LogP contribution < -0.4 is 0 Å². The zero-order chi connectivity index (χ0) is 16.4. The molecule has 0 saturated heterocycles. The SMILES string of the molecule is CCc1cnc(-c2cc(-c3ccccc3)c(C)cc2C)cc1C. The van der Waals surface area contributed by atoms with E-state index in [1.165, 1.54) is 38.9 Å². The first-order chi connectivity index (χ1) is 11.1. The monoisotopic (exact) mass is 301 g/mol. The lowest BCUT2D eigenvalue weighted by Gasteiger charge is -2.14. The first-order valence-electron chi connectivity index (χ1n) is 8.22. The number of nitrogens with zero attached hydrogens (tertiary/aromatic N) is 1. The topological polar surface area (TPSA) is 12.9 Å². The Morgan fingerprint density at radius 3 is 2.13 bits per heavy atom. The summed E-state index contributed by atoms with van der Waals surface area (Å²) in [4.78, 5) is 4.71. The van der Waals surface area contributed by atoms with Gasteiger partial charge in [0.05, 0.1) is 5.69 Å². The Hall–Kier alpha value is -2.41. The molecule has 1 heteroatoms. The molecule has 3 aromatic rings. The minimum atomic E-state index is 1.03. The van der Waals surface area contributed by atoms with Gasteiger partial charge in [0.15, 0.2) is 0 Å². The lowest BCUT2D eigenvalue weighted by atomic mass is 9.93. The Morgan fingerprint density at radius 2 is 1.48 bits per heavy atom. The van der Waals surface area contributed by atoms with Crippen LogP contribution in [-0.2, 0) is 6.42 Å². The molecule has 0 aliphatic heterocycles. The molecule has 0 radical (unpaired) electrons. The lowest BCUT2D eigenvalue weighted by Crippen LogP contribution is -1.95. The van der Waals surface area contributed by atoms with Crippen molar-refractivity contribution >= 4 is 0 Å². The van der Waals surface area contributed by atoms with Crippen molar-refractivity contribution in [3.8, 4) is 22.4 Å². The summed E-state index contributed by atoms with van der Waals surface area (Å²) >= 11 is 0. The van der Waals surface area contributed by atoms with Crippen LogP contribution in [0.3, 0.4) is 0 Å². The third-order valence-electron chi connectivity index (χ3n) is 4.53. The third-order valence-corrected chi connectivity index (χ3v) is 4.53. The number of aromatic nitrogens is 1. The molecule has 0 N–H and O–H groups in total. The van der Waals surface area contributed by atoms with Crippen molar-refractivity contribution < 1.29 is 0 Å². The van der Waals surface area contributed by atoms with Gasteiger partial charge >= 0.3 is 0 Å². The van der Waals surface area contributed by atoms with Gasteiger partial charge in [-0.15, -0.1) is 0 Å². The smallest absolute Gasteiger partial charge is 0.0707 e. The van der Waals surface area contributed by atoms with Gasteiger partial charge in [0.25, 0.3) is 0 Å². The van der Waals surface area contributed by atoms with Gasteiger partial charge in [-0.2, -0.15) is 0 Å². The summed E-state index contributed by atoms with van der Waals surface area (Å²) in [6.45, 7) is 8.69. The Balaban J connectivity index is 2.15. The first-order valence-corrected chi connectivity index (χ1v) is 8.22. The van der Waals surface area contributed by atoms with Gasteiger partial charge < -0.3 is 0 Å². The molecule has 0 bridgehead atoms. The molecule has 0 saturated carbocycles. The van der Waals surface area contributed by atoms with E-state index in [1.54, 1.807) is 0 Å². The van der Waals surface area contributed by atoms with E-state index in [2.05, 4.69) is 76.2 Å². The molecule has 116 valence electrons. The van der Waals surface area contributed by atoms with Crippen molar-refractivity contribution in [1.82, 2.24) is 4.98 Å². The molecule has 3 rings (SSSR count). The number of hydrogen-bond donors (Lipinski definition) is 0. The number of rotatable bonds is 3. The summed E-state index contributed by atoms with van der Waals surface area (Å²) < 4.78 is 0. The maximum Gasteiger partial charge on any atom is 0.0707 e. The number of pyridine rings is 1. The average Bonchev–Trinajstić information content (AvgIpc) is 2.56. The van der Waals surface area contributed by atoms with E-state index in [0.29, 0.717) is 0 Å².